The van der Waals surface area contributed by atoms with E-state index in [2.05, 4.69) is 20.9 Å². The van der Waals surface area contributed by atoms with Crippen molar-refractivity contribution in [3.63, 3.8) is 0 Å². The molecule has 0 aromatic heterocycles. The second-order valence-corrected chi connectivity index (χ2v) is 7.99. The van der Waals surface area contributed by atoms with Crippen LogP contribution in [0, 0.1) is 0 Å². The standard InChI is InChI=1S/C18H33N7O7S/c1-33-8-6-11(16(30)25-12(17(31)32)4-5-14(27)28)24-13(26)9-23-15(29)10(19)3-2-7-22-18(20)21/h10-12H,2-9,19H2,1H3,(H,23,29)(H,24,26)(H,25,30)(H,27,28)(H,31,32)(H4,20,21,22)/t10-,11-,12-/m0/s1. The van der Waals surface area contributed by atoms with E-state index >= 15 is 0 Å². The summed E-state index contributed by atoms with van der Waals surface area (Å²) >= 11 is 1.41. The Hall–Kier alpha value is -3.07. The van der Waals surface area contributed by atoms with Gasteiger partial charge in [0.2, 0.25) is 17.7 Å². The van der Waals surface area contributed by atoms with Crippen LogP contribution in [0.2, 0.25) is 0 Å². The number of carboxylic acid groups (broad SMARTS) is 2. The summed E-state index contributed by atoms with van der Waals surface area (Å²) in [6, 6.07) is -3.37. The van der Waals surface area contributed by atoms with Gasteiger partial charge in [0.15, 0.2) is 5.96 Å². The summed E-state index contributed by atoms with van der Waals surface area (Å²) in [6.07, 6.45) is 1.98. The van der Waals surface area contributed by atoms with Crippen molar-refractivity contribution in [1.29, 1.82) is 0 Å². The number of hydrogen-bond donors (Lipinski definition) is 8. The summed E-state index contributed by atoms with van der Waals surface area (Å²) in [4.78, 5) is 62.5. The molecule has 0 fully saturated rings. The highest BCUT2D eigenvalue weighted by molar-refractivity contribution is 7.98. The fourth-order valence-corrected chi connectivity index (χ4v) is 2.97. The molecule has 0 saturated heterocycles. The number of aliphatic carboxylic acids is 2. The zero-order valence-corrected chi connectivity index (χ0v) is 19.2. The molecule has 11 N–H and O–H groups in total. The molecule has 0 spiro atoms. The fourth-order valence-electron chi connectivity index (χ4n) is 2.50. The van der Waals surface area contributed by atoms with E-state index in [-0.39, 0.29) is 25.2 Å². The number of rotatable bonds is 17. The van der Waals surface area contributed by atoms with E-state index in [0.717, 1.165) is 0 Å². The maximum Gasteiger partial charge on any atom is 0.326 e. The average molecular weight is 492 g/mol. The van der Waals surface area contributed by atoms with Gasteiger partial charge in [0.05, 0.1) is 12.6 Å². The molecule has 0 aliphatic carbocycles. The van der Waals surface area contributed by atoms with Crippen LogP contribution in [0.25, 0.3) is 0 Å². The third-order valence-electron chi connectivity index (χ3n) is 4.25. The second kappa shape index (κ2) is 16.5. The quantitative estimate of drug-likeness (QED) is 0.0584. The number of carboxylic acids is 2. The van der Waals surface area contributed by atoms with E-state index in [1.807, 2.05) is 0 Å². The number of aliphatic imine (C=N–C) groups is 1. The van der Waals surface area contributed by atoms with Crippen LogP contribution in [0.15, 0.2) is 4.99 Å². The molecule has 0 saturated carbocycles. The summed E-state index contributed by atoms with van der Waals surface area (Å²) < 4.78 is 0. The summed E-state index contributed by atoms with van der Waals surface area (Å²) in [5, 5.41) is 25.0. The van der Waals surface area contributed by atoms with Gasteiger partial charge in [-0.15, -0.1) is 0 Å². The lowest BCUT2D eigenvalue weighted by Crippen LogP contribution is -2.54. The highest BCUT2D eigenvalue weighted by Crippen LogP contribution is 2.04. The highest BCUT2D eigenvalue weighted by atomic mass is 32.2. The van der Waals surface area contributed by atoms with Gasteiger partial charge < -0.3 is 43.4 Å². The number of hydrogen-bond acceptors (Lipinski definition) is 8. The zero-order valence-electron chi connectivity index (χ0n) is 18.4. The molecule has 15 heteroatoms. The molecule has 0 aromatic rings. The van der Waals surface area contributed by atoms with Gasteiger partial charge in [-0.2, -0.15) is 11.8 Å². The molecule has 0 radical (unpaired) electrons. The molecule has 0 aliphatic heterocycles. The summed E-state index contributed by atoms with van der Waals surface area (Å²) in [5.74, 6) is -4.18. The first-order valence-electron chi connectivity index (χ1n) is 10.1. The van der Waals surface area contributed by atoms with Gasteiger partial charge in [0.25, 0.3) is 0 Å². The van der Waals surface area contributed by atoms with Crippen molar-refractivity contribution in [2.24, 2.45) is 22.2 Å². The Kier molecular flexibility index (Phi) is 15.0. The molecule has 0 bridgehead atoms. The van der Waals surface area contributed by atoms with Crippen LogP contribution < -0.4 is 33.2 Å². The lowest BCUT2D eigenvalue weighted by Gasteiger charge is -2.21. The van der Waals surface area contributed by atoms with Crippen molar-refractivity contribution in [2.45, 2.75) is 50.2 Å². The largest absolute Gasteiger partial charge is 0.481 e. The smallest absolute Gasteiger partial charge is 0.326 e. The van der Waals surface area contributed by atoms with Gasteiger partial charge in [-0.05, 0) is 37.7 Å². The lowest BCUT2D eigenvalue weighted by molar-refractivity contribution is -0.143. The Balaban J connectivity index is 4.76. The van der Waals surface area contributed by atoms with Crippen LogP contribution in [-0.4, -0.2) is 89.1 Å². The normalized spacial score (nSPS) is 13.2. The minimum atomic E-state index is -1.42. The molecule has 0 aliphatic rings. The molecule has 0 heterocycles. The van der Waals surface area contributed by atoms with Crippen molar-refractivity contribution >= 4 is 47.4 Å². The van der Waals surface area contributed by atoms with Crippen molar-refractivity contribution in [1.82, 2.24) is 16.0 Å². The van der Waals surface area contributed by atoms with E-state index in [4.69, 9.17) is 22.3 Å². The molecule has 0 aromatic carbocycles. The van der Waals surface area contributed by atoms with Gasteiger partial charge in [0.1, 0.15) is 12.1 Å². The molecule has 3 amide bonds. The molecule has 188 valence electrons. The molecule has 0 unspecified atom stereocenters. The SMILES string of the molecule is CSCC[C@H](NC(=O)CNC(=O)[C@@H](N)CCCN=C(N)N)C(=O)N[C@@H](CCC(=O)O)C(=O)O. The number of nitrogens with one attached hydrogen (secondary N) is 3. The third-order valence-corrected chi connectivity index (χ3v) is 4.90. The minimum absolute atomic E-state index is 0.0682. The molecular formula is C18H33N7O7S. The number of guanidine groups is 1. The Morgan fingerprint density at radius 1 is 0.970 bits per heavy atom. The Morgan fingerprint density at radius 3 is 2.18 bits per heavy atom. The number of nitrogens with two attached hydrogens (primary N) is 3. The maximum absolute atomic E-state index is 12.5. The van der Waals surface area contributed by atoms with E-state index in [0.29, 0.717) is 18.7 Å². The van der Waals surface area contributed by atoms with Gasteiger partial charge in [-0.1, -0.05) is 0 Å². The van der Waals surface area contributed by atoms with E-state index < -0.39 is 60.8 Å². The van der Waals surface area contributed by atoms with Gasteiger partial charge >= 0.3 is 11.9 Å². The van der Waals surface area contributed by atoms with Crippen molar-refractivity contribution < 1.29 is 34.2 Å². The average Bonchev–Trinajstić information content (AvgIpc) is 2.74. The van der Waals surface area contributed by atoms with Crippen LogP contribution in [0.1, 0.15) is 32.1 Å². The van der Waals surface area contributed by atoms with Crippen LogP contribution >= 0.6 is 11.8 Å². The third kappa shape index (κ3) is 14.6. The number of amides is 3. The Bertz CT molecular complexity index is 716. The predicted molar refractivity (Wildman–Crippen MR) is 122 cm³/mol. The topological polar surface area (TPSA) is 252 Å². The Morgan fingerprint density at radius 2 is 1.64 bits per heavy atom. The van der Waals surface area contributed by atoms with E-state index in [1.54, 1.807) is 6.26 Å². The zero-order chi connectivity index (χ0) is 25.4. The van der Waals surface area contributed by atoms with Gasteiger partial charge in [0, 0.05) is 13.0 Å². The van der Waals surface area contributed by atoms with E-state index in [1.165, 1.54) is 11.8 Å². The summed E-state index contributed by atoms with van der Waals surface area (Å²) in [5.41, 5.74) is 16.1. The van der Waals surface area contributed by atoms with Gasteiger partial charge in [-0.25, -0.2) is 4.79 Å². The first-order valence-corrected chi connectivity index (χ1v) is 11.5. The molecule has 33 heavy (non-hydrogen) atoms. The molecular weight excluding hydrogens is 458 g/mol. The second-order valence-electron chi connectivity index (χ2n) is 7.01. The van der Waals surface area contributed by atoms with Gasteiger partial charge in [-0.3, -0.25) is 24.2 Å². The Labute approximate surface area is 195 Å². The summed E-state index contributed by atoms with van der Waals surface area (Å²) in [7, 11) is 0. The van der Waals surface area contributed by atoms with Crippen LogP contribution in [-0.2, 0) is 24.0 Å². The number of carbonyl (C=O) groups is 5. The first kappa shape index (κ1) is 29.9. The maximum atomic E-state index is 12.5. The minimum Gasteiger partial charge on any atom is -0.481 e. The summed E-state index contributed by atoms with van der Waals surface area (Å²) in [6.45, 7) is -0.134. The van der Waals surface area contributed by atoms with Crippen LogP contribution in [0.5, 0.6) is 0 Å². The van der Waals surface area contributed by atoms with Crippen LogP contribution in [0.3, 0.4) is 0 Å². The fraction of sp³-hybridized carbons (Fsp3) is 0.667. The predicted octanol–water partition coefficient (Wildman–Crippen LogP) is -2.84. The highest BCUT2D eigenvalue weighted by Gasteiger charge is 2.27. The van der Waals surface area contributed by atoms with Crippen molar-refractivity contribution in [3.05, 3.63) is 0 Å². The van der Waals surface area contributed by atoms with Crippen molar-refractivity contribution in [3.8, 4) is 0 Å². The molecule has 0 rings (SSSR count). The number of nitrogens with zero attached hydrogens (tertiary/aromatic N) is 1. The monoisotopic (exact) mass is 491 g/mol. The molecule has 14 nitrogen and oxygen atoms in total. The van der Waals surface area contributed by atoms with E-state index in [9.17, 15) is 29.1 Å². The molecule has 3 atom stereocenters. The van der Waals surface area contributed by atoms with Crippen molar-refractivity contribution in [2.75, 3.05) is 25.1 Å². The first-order chi connectivity index (χ1) is 15.5. The lowest BCUT2D eigenvalue weighted by atomic mass is 10.1. The number of carbonyl (C=O) groups excluding carboxylic acids is 3. The number of thioether (sulfide) groups is 1. The van der Waals surface area contributed by atoms with Crippen LogP contribution in [0.4, 0.5) is 0 Å².